The minimum absolute atomic E-state index is 0.0766. The average Bonchev–Trinajstić information content (AvgIpc) is 2.53. The fourth-order valence-corrected chi connectivity index (χ4v) is 2.86. The van der Waals surface area contributed by atoms with Crippen LogP contribution in [0.2, 0.25) is 0 Å². The van der Waals surface area contributed by atoms with Gasteiger partial charge in [0.15, 0.2) is 0 Å². The molecule has 1 atom stereocenters. The van der Waals surface area contributed by atoms with Crippen LogP contribution in [-0.4, -0.2) is 54.7 Å². The summed E-state index contributed by atoms with van der Waals surface area (Å²) in [6.07, 6.45) is 2.22. The molecule has 1 aromatic rings. The number of rotatable bonds is 7. The number of ether oxygens (including phenoxy) is 1. The van der Waals surface area contributed by atoms with Crippen molar-refractivity contribution in [2.24, 2.45) is 0 Å². The Balaban J connectivity index is 1.82. The van der Waals surface area contributed by atoms with Gasteiger partial charge in [0.1, 0.15) is 6.29 Å². The highest BCUT2D eigenvalue weighted by atomic mass is 16.5. The van der Waals surface area contributed by atoms with Crippen LogP contribution in [-0.2, 0) is 14.9 Å². The van der Waals surface area contributed by atoms with E-state index >= 15 is 0 Å². The SMILES string of the molecule is CC(C)(COCC(C=O)N1CCC(O)CC1)c1ccccc1. The summed E-state index contributed by atoms with van der Waals surface area (Å²) in [5.41, 5.74) is 1.16. The van der Waals surface area contributed by atoms with Crippen LogP contribution in [0.25, 0.3) is 0 Å². The van der Waals surface area contributed by atoms with Crippen molar-refractivity contribution in [3.05, 3.63) is 35.9 Å². The van der Waals surface area contributed by atoms with Crippen molar-refractivity contribution in [2.75, 3.05) is 26.3 Å². The molecule has 22 heavy (non-hydrogen) atoms. The third kappa shape index (κ3) is 4.63. The summed E-state index contributed by atoms with van der Waals surface area (Å²) in [6.45, 7) is 6.81. The first-order valence-electron chi connectivity index (χ1n) is 8.03. The summed E-state index contributed by atoms with van der Waals surface area (Å²) in [4.78, 5) is 13.4. The third-order valence-electron chi connectivity index (χ3n) is 4.43. The van der Waals surface area contributed by atoms with Crippen LogP contribution in [0.3, 0.4) is 0 Å². The highest BCUT2D eigenvalue weighted by Gasteiger charge is 2.25. The molecule has 0 aliphatic carbocycles. The maximum Gasteiger partial charge on any atom is 0.139 e. The molecular weight excluding hydrogens is 278 g/mol. The minimum atomic E-state index is -0.221. The normalized spacial score (nSPS) is 19.0. The fraction of sp³-hybridized carbons (Fsp3) is 0.611. The molecule has 2 rings (SSSR count). The number of carbonyl (C=O) groups is 1. The zero-order chi connectivity index (χ0) is 16.0. The molecule has 122 valence electrons. The number of aldehydes is 1. The van der Waals surface area contributed by atoms with E-state index in [2.05, 4.69) is 30.9 Å². The molecule has 1 aliphatic heterocycles. The first kappa shape index (κ1) is 17.1. The van der Waals surface area contributed by atoms with Gasteiger partial charge in [0.25, 0.3) is 0 Å². The van der Waals surface area contributed by atoms with Crippen molar-refractivity contribution in [2.45, 2.75) is 44.2 Å². The van der Waals surface area contributed by atoms with E-state index < -0.39 is 0 Å². The lowest BCUT2D eigenvalue weighted by molar-refractivity contribution is -0.116. The lowest BCUT2D eigenvalue weighted by Crippen LogP contribution is -2.46. The molecule has 0 radical (unpaired) electrons. The van der Waals surface area contributed by atoms with E-state index in [0.29, 0.717) is 13.2 Å². The number of hydrogen-bond donors (Lipinski definition) is 1. The van der Waals surface area contributed by atoms with Crippen LogP contribution in [0.1, 0.15) is 32.3 Å². The number of carbonyl (C=O) groups excluding carboxylic acids is 1. The Kier molecular flexibility index (Phi) is 6.12. The average molecular weight is 305 g/mol. The summed E-state index contributed by atoms with van der Waals surface area (Å²) in [7, 11) is 0. The molecule has 0 aromatic heterocycles. The van der Waals surface area contributed by atoms with Crippen LogP contribution in [0.4, 0.5) is 0 Å². The second-order valence-electron chi connectivity index (χ2n) is 6.74. The monoisotopic (exact) mass is 305 g/mol. The molecule has 1 fully saturated rings. The van der Waals surface area contributed by atoms with Gasteiger partial charge in [-0.1, -0.05) is 44.2 Å². The maximum atomic E-state index is 11.3. The number of aliphatic hydroxyl groups is 1. The smallest absolute Gasteiger partial charge is 0.139 e. The van der Waals surface area contributed by atoms with Gasteiger partial charge >= 0.3 is 0 Å². The van der Waals surface area contributed by atoms with Crippen molar-refractivity contribution in [1.82, 2.24) is 4.90 Å². The van der Waals surface area contributed by atoms with Gasteiger partial charge in [-0.15, -0.1) is 0 Å². The summed E-state index contributed by atoms with van der Waals surface area (Å²) in [5.74, 6) is 0. The lowest BCUT2D eigenvalue weighted by Gasteiger charge is -2.34. The van der Waals surface area contributed by atoms with E-state index in [1.165, 1.54) is 5.56 Å². The Labute approximate surface area is 133 Å². The van der Waals surface area contributed by atoms with E-state index in [1.807, 2.05) is 18.2 Å². The molecule has 1 aromatic carbocycles. The van der Waals surface area contributed by atoms with Gasteiger partial charge in [0, 0.05) is 18.5 Å². The summed E-state index contributed by atoms with van der Waals surface area (Å²) < 4.78 is 5.85. The zero-order valence-electron chi connectivity index (χ0n) is 13.6. The van der Waals surface area contributed by atoms with Crippen LogP contribution < -0.4 is 0 Å². The van der Waals surface area contributed by atoms with Crippen LogP contribution in [0.15, 0.2) is 30.3 Å². The standard InChI is InChI=1S/C18H27NO3/c1-18(2,15-6-4-3-5-7-15)14-22-13-16(12-20)19-10-8-17(21)9-11-19/h3-7,12,16-17,21H,8-11,13-14H2,1-2H3. The van der Waals surface area contributed by atoms with Crippen molar-refractivity contribution < 1.29 is 14.6 Å². The van der Waals surface area contributed by atoms with E-state index in [-0.39, 0.29) is 17.6 Å². The first-order valence-corrected chi connectivity index (χ1v) is 8.03. The van der Waals surface area contributed by atoms with E-state index in [4.69, 9.17) is 4.74 Å². The number of piperidine rings is 1. The fourth-order valence-electron chi connectivity index (χ4n) is 2.86. The molecule has 0 saturated carbocycles. The van der Waals surface area contributed by atoms with Crippen molar-refractivity contribution in [3.63, 3.8) is 0 Å². The maximum absolute atomic E-state index is 11.3. The molecule has 0 amide bonds. The molecule has 1 heterocycles. The Morgan fingerprint density at radius 2 is 1.95 bits per heavy atom. The molecule has 0 bridgehead atoms. The molecule has 1 aliphatic rings. The van der Waals surface area contributed by atoms with Crippen molar-refractivity contribution in [1.29, 1.82) is 0 Å². The molecule has 0 spiro atoms. The first-order chi connectivity index (χ1) is 10.5. The van der Waals surface area contributed by atoms with Gasteiger partial charge in [-0.3, -0.25) is 4.90 Å². The highest BCUT2D eigenvalue weighted by Crippen LogP contribution is 2.23. The Morgan fingerprint density at radius 3 is 2.55 bits per heavy atom. The highest BCUT2D eigenvalue weighted by molar-refractivity contribution is 5.57. The number of nitrogens with zero attached hydrogens (tertiary/aromatic N) is 1. The number of aliphatic hydroxyl groups excluding tert-OH is 1. The molecule has 1 saturated heterocycles. The Bertz CT molecular complexity index is 453. The largest absolute Gasteiger partial charge is 0.393 e. The van der Waals surface area contributed by atoms with Gasteiger partial charge < -0.3 is 14.6 Å². The van der Waals surface area contributed by atoms with E-state index in [0.717, 1.165) is 32.2 Å². The lowest BCUT2D eigenvalue weighted by atomic mass is 9.86. The number of hydrogen-bond acceptors (Lipinski definition) is 4. The van der Waals surface area contributed by atoms with Crippen LogP contribution in [0.5, 0.6) is 0 Å². The molecular formula is C18H27NO3. The van der Waals surface area contributed by atoms with E-state index in [9.17, 15) is 9.90 Å². The van der Waals surface area contributed by atoms with Gasteiger partial charge in [-0.2, -0.15) is 0 Å². The summed E-state index contributed by atoms with van der Waals surface area (Å²) in [5, 5.41) is 9.54. The predicted octanol–water partition coefficient (Wildman–Crippen LogP) is 2.00. The second kappa shape index (κ2) is 7.86. The molecule has 1 N–H and O–H groups in total. The van der Waals surface area contributed by atoms with Crippen LogP contribution in [0, 0.1) is 0 Å². The van der Waals surface area contributed by atoms with Gasteiger partial charge in [-0.25, -0.2) is 0 Å². The topological polar surface area (TPSA) is 49.8 Å². The quantitative estimate of drug-likeness (QED) is 0.783. The Hall–Kier alpha value is -1.23. The second-order valence-corrected chi connectivity index (χ2v) is 6.74. The number of benzene rings is 1. The molecule has 1 unspecified atom stereocenters. The molecule has 4 heteroatoms. The van der Waals surface area contributed by atoms with Crippen LogP contribution >= 0.6 is 0 Å². The summed E-state index contributed by atoms with van der Waals surface area (Å²) >= 11 is 0. The predicted molar refractivity (Wildman–Crippen MR) is 87.0 cm³/mol. The van der Waals surface area contributed by atoms with Gasteiger partial charge in [0.2, 0.25) is 0 Å². The van der Waals surface area contributed by atoms with E-state index in [1.54, 1.807) is 0 Å². The third-order valence-corrected chi connectivity index (χ3v) is 4.43. The summed E-state index contributed by atoms with van der Waals surface area (Å²) in [6, 6.07) is 10.1. The van der Waals surface area contributed by atoms with Crippen molar-refractivity contribution in [3.8, 4) is 0 Å². The molecule has 4 nitrogen and oxygen atoms in total. The van der Waals surface area contributed by atoms with Crippen molar-refractivity contribution >= 4 is 6.29 Å². The minimum Gasteiger partial charge on any atom is -0.393 e. The number of likely N-dealkylation sites (tertiary alicyclic amines) is 1. The van der Waals surface area contributed by atoms with Gasteiger partial charge in [-0.05, 0) is 18.4 Å². The Morgan fingerprint density at radius 1 is 1.32 bits per heavy atom. The van der Waals surface area contributed by atoms with Gasteiger partial charge in [0.05, 0.1) is 25.4 Å². The zero-order valence-corrected chi connectivity index (χ0v) is 13.6.